The molecule has 1 atom stereocenters. The number of carbonyl (C=O) groups is 1. The zero-order chi connectivity index (χ0) is 19.5. The predicted molar refractivity (Wildman–Crippen MR) is 90.8 cm³/mol. The average Bonchev–Trinajstić information content (AvgIpc) is 2.55. The van der Waals surface area contributed by atoms with Gasteiger partial charge in [-0.2, -0.15) is 18.3 Å². The van der Waals surface area contributed by atoms with Crippen LogP contribution in [0.5, 0.6) is 0 Å². The van der Waals surface area contributed by atoms with E-state index in [1.165, 1.54) is 37.4 Å². The molecule has 2 aromatic rings. The van der Waals surface area contributed by atoms with Crippen LogP contribution < -0.4 is 15.8 Å². The van der Waals surface area contributed by atoms with E-state index in [0.29, 0.717) is 5.69 Å². The maximum absolute atomic E-state index is 13.1. The first-order valence-corrected chi connectivity index (χ1v) is 7.79. The fourth-order valence-electron chi connectivity index (χ4n) is 2.42. The van der Waals surface area contributed by atoms with E-state index in [9.17, 15) is 22.8 Å². The molecule has 1 aromatic heterocycles. The van der Waals surface area contributed by atoms with Crippen LogP contribution in [0.2, 0.25) is 0 Å². The van der Waals surface area contributed by atoms with E-state index >= 15 is 0 Å². The summed E-state index contributed by atoms with van der Waals surface area (Å²) in [6, 6.07) is 5.48. The lowest BCUT2D eigenvalue weighted by atomic mass is 10.0. The van der Waals surface area contributed by atoms with Gasteiger partial charge in [0, 0.05) is 20.2 Å². The van der Waals surface area contributed by atoms with Crippen LogP contribution in [0.3, 0.4) is 0 Å². The van der Waals surface area contributed by atoms with Gasteiger partial charge in [-0.05, 0) is 18.6 Å². The van der Waals surface area contributed by atoms with Crippen LogP contribution in [0.4, 0.5) is 18.9 Å². The minimum Gasteiger partial charge on any atom is -0.376 e. The molecule has 0 saturated carbocycles. The molecule has 0 fully saturated rings. The lowest BCUT2D eigenvalue weighted by molar-refractivity contribution is -0.138. The summed E-state index contributed by atoms with van der Waals surface area (Å²) in [5, 5.41) is 6.37. The molecule has 1 amide bonds. The third-order valence-corrected chi connectivity index (χ3v) is 3.78. The molecule has 1 aromatic carbocycles. The van der Waals surface area contributed by atoms with Crippen molar-refractivity contribution < 1.29 is 18.0 Å². The van der Waals surface area contributed by atoms with Gasteiger partial charge < -0.3 is 10.2 Å². The van der Waals surface area contributed by atoms with Crippen molar-refractivity contribution in [3.63, 3.8) is 0 Å². The summed E-state index contributed by atoms with van der Waals surface area (Å²) < 4.78 is 40.2. The van der Waals surface area contributed by atoms with Gasteiger partial charge in [0.05, 0.1) is 23.5 Å². The Kier molecular flexibility index (Phi) is 5.69. The van der Waals surface area contributed by atoms with Gasteiger partial charge in [-0.15, -0.1) is 0 Å². The molecule has 2 rings (SSSR count). The van der Waals surface area contributed by atoms with Crippen molar-refractivity contribution in [3.8, 4) is 0 Å². The van der Waals surface area contributed by atoms with Crippen LogP contribution >= 0.6 is 0 Å². The van der Waals surface area contributed by atoms with E-state index in [2.05, 4.69) is 10.4 Å². The Bertz CT molecular complexity index is 846. The number of hydrogen-bond acceptors (Lipinski definition) is 4. The number of hydrogen-bond donors (Lipinski definition) is 1. The number of anilines is 1. The van der Waals surface area contributed by atoms with Gasteiger partial charge in [0.2, 0.25) is 5.91 Å². The first-order valence-electron chi connectivity index (χ1n) is 7.79. The first kappa shape index (κ1) is 19.5. The highest BCUT2D eigenvalue weighted by atomic mass is 19.4. The summed E-state index contributed by atoms with van der Waals surface area (Å²) in [5.74, 6) is -0.610. The molecule has 1 N–H and O–H groups in total. The molecule has 0 aliphatic rings. The molecular weight excluding hydrogens is 349 g/mol. The monoisotopic (exact) mass is 368 g/mol. The van der Waals surface area contributed by atoms with Gasteiger partial charge in [0.1, 0.15) is 6.54 Å². The summed E-state index contributed by atoms with van der Waals surface area (Å²) in [5.41, 5.74) is -0.746. The molecule has 0 radical (unpaired) electrons. The van der Waals surface area contributed by atoms with Crippen molar-refractivity contribution in [2.24, 2.45) is 0 Å². The van der Waals surface area contributed by atoms with Crippen LogP contribution in [0, 0.1) is 0 Å². The number of carbonyl (C=O) groups excluding carboxylic acids is 1. The number of nitrogens with one attached hydrogen (secondary N) is 1. The van der Waals surface area contributed by atoms with Crippen LogP contribution in [0.1, 0.15) is 24.1 Å². The molecule has 0 aliphatic heterocycles. The van der Waals surface area contributed by atoms with Gasteiger partial charge in [0.25, 0.3) is 5.56 Å². The van der Waals surface area contributed by atoms with Gasteiger partial charge in [0.15, 0.2) is 0 Å². The maximum atomic E-state index is 13.1. The van der Waals surface area contributed by atoms with Crippen LogP contribution in [-0.4, -0.2) is 29.8 Å². The molecule has 140 valence electrons. The lowest BCUT2D eigenvalue weighted by Gasteiger charge is -2.19. The van der Waals surface area contributed by atoms with Crippen molar-refractivity contribution in [2.45, 2.75) is 25.7 Å². The Morgan fingerprint density at radius 3 is 2.54 bits per heavy atom. The topological polar surface area (TPSA) is 67.2 Å². The minimum atomic E-state index is -4.52. The number of amides is 1. The molecule has 0 unspecified atom stereocenters. The molecule has 0 aliphatic carbocycles. The SMILES string of the molecule is C[C@@H](NC(=O)Cn1ncc(N(C)C)cc1=O)c1ccccc1C(F)(F)F. The van der Waals surface area contributed by atoms with Crippen molar-refractivity contribution in [2.75, 3.05) is 19.0 Å². The van der Waals surface area contributed by atoms with Gasteiger partial charge in [-0.3, -0.25) is 9.59 Å². The average molecular weight is 368 g/mol. The summed E-state index contributed by atoms with van der Waals surface area (Å²) >= 11 is 0. The van der Waals surface area contributed by atoms with E-state index in [0.717, 1.165) is 10.7 Å². The smallest absolute Gasteiger partial charge is 0.376 e. The van der Waals surface area contributed by atoms with Gasteiger partial charge in [-0.1, -0.05) is 18.2 Å². The second-order valence-electron chi connectivity index (χ2n) is 5.98. The van der Waals surface area contributed by atoms with E-state index in [-0.39, 0.29) is 12.1 Å². The Hall–Kier alpha value is -2.84. The standard InChI is InChI=1S/C17H19F3N4O2/c1-11(13-6-4-5-7-14(13)17(18,19)20)22-15(25)10-24-16(26)8-12(9-21-24)23(2)3/h4-9,11H,10H2,1-3H3,(H,22,25)/t11-/m1/s1. The summed E-state index contributed by atoms with van der Waals surface area (Å²) in [4.78, 5) is 25.8. The number of benzene rings is 1. The largest absolute Gasteiger partial charge is 0.416 e. The normalized spacial score (nSPS) is 12.5. The quantitative estimate of drug-likeness (QED) is 0.879. The molecule has 0 saturated heterocycles. The Balaban J connectivity index is 2.13. The molecule has 6 nitrogen and oxygen atoms in total. The molecule has 9 heteroatoms. The van der Waals surface area contributed by atoms with Crippen molar-refractivity contribution in [1.82, 2.24) is 15.1 Å². The van der Waals surface area contributed by atoms with Crippen LogP contribution in [-0.2, 0) is 17.5 Å². The summed E-state index contributed by atoms with van der Waals surface area (Å²) in [6.07, 6.45) is -3.09. The van der Waals surface area contributed by atoms with E-state index < -0.39 is 29.2 Å². The molecule has 0 spiro atoms. The first-order chi connectivity index (χ1) is 12.1. The van der Waals surface area contributed by atoms with Crippen molar-refractivity contribution in [3.05, 3.63) is 58.0 Å². The Morgan fingerprint density at radius 1 is 1.31 bits per heavy atom. The Morgan fingerprint density at radius 2 is 1.96 bits per heavy atom. The number of nitrogens with zero attached hydrogens (tertiary/aromatic N) is 3. The highest BCUT2D eigenvalue weighted by molar-refractivity contribution is 5.76. The maximum Gasteiger partial charge on any atom is 0.416 e. The second kappa shape index (κ2) is 7.59. The third kappa shape index (κ3) is 4.62. The summed E-state index contributed by atoms with van der Waals surface area (Å²) in [7, 11) is 3.49. The minimum absolute atomic E-state index is 0.0448. The van der Waals surface area contributed by atoms with E-state index in [4.69, 9.17) is 0 Å². The molecular formula is C17H19F3N4O2. The van der Waals surface area contributed by atoms with Crippen LogP contribution in [0.15, 0.2) is 41.3 Å². The van der Waals surface area contributed by atoms with Gasteiger partial charge in [-0.25, -0.2) is 4.68 Å². The van der Waals surface area contributed by atoms with Gasteiger partial charge >= 0.3 is 6.18 Å². The molecule has 1 heterocycles. The van der Waals surface area contributed by atoms with E-state index in [1.54, 1.807) is 19.0 Å². The third-order valence-electron chi connectivity index (χ3n) is 3.78. The zero-order valence-corrected chi connectivity index (χ0v) is 14.5. The van der Waals surface area contributed by atoms with E-state index in [1.807, 2.05) is 0 Å². The van der Waals surface area contributed by atoms with Crippen molar-refractivity contribution in [1.29, 1.82) is 0 Å². The molecule has 26 heavy (non-hydrogen) atoms. The highest BCUT2D eigenvalue weighted by Crippen LogP contribution is 2.34. The highest BCUT2D eigenvalue weighted by Gasteiger charge is 2.34. The zero-order valence-electron chi connectivity index (χ0n) is 14.5. The molecule has 0 bridgehead atoms. The predicted octanol–water partition coefficient (Wildman–Crippen LogP) is 2.21. The van der Waals surface area contributed by atoms with Crippen molar-refractivity contribution >= 4 is 11.6 Å². The second-order valence-corrected chi connectivity index (χ2v) is 5.98. The fraction of sp³-hybridized carbons (Fsp3) is 0.353. The lowest BCUT2D eigenvalue weighted by Crippen LogP contribution is -2.35. The fourth-order valence-corrected chi connectivity index (χ4v) is 2.42. The number of alkyl halides is 3. The summed E-state index contributed by atoms with van der Waals surface area (Å²) in [6.45, 7) is 1.07. The van der Waals surface area contributed by atoms with Crippen LogP contribution in [0.25, 0.3) is 0 Å². The Labute approximate surface area is 148 Å². The number of halogens is 3. The number of aromatic nitrogens is 2. The number of rotatable bonds is 5.